The standard InChI is InChI=1S/C31H33F3N2O6S/c1-40-27-8-7-20(13-28(27)42-43(38,39)26-6-2-4-24(14-26)31(32,33)34)18-36(19-25-5-3-9-41-25)29(37)35-30-15-21-10-22(16-30)12-23(11-21)17-30/h2-9,13-14,21-23H,10-12,15-19H2,1H3,(H,35,37). The van der Waals surface area contributed by atoms with Gasteiger partial charge in [-0.15, -0.1) is 0 Å². The fourth-order valence-corrected chi connectivity index (χ4v) is 8.44. The number of furan rings is 1. The second-order valence-electron chi connectivity index (χ2n) is 12.1. The van der Waals surface area contributed by atoms with E-state index in [1.807, 2.05) is 0 Å². The van der Waals surface area contributed by atoms with Gasteiger partial charge in [0, 0.05) is 12.1 Å². The molecule has 0 spiro atoms. The molecule has 0 unspecified atom stereocenters. The van der Waals surface area contributed by atoms with Crippen molar-refractivity contribution in [2.45, 2.75) is 68.2 Å². The van der Waals surface area contributed by atoms with Crippen LogP contribution in [0.25, 0.3) is 0 Å². The minimum atomic E-state index is -4.72. The highest BCUT2D eigenvalue weighted by Crippen LogP contribution is 2.55. The number of nitrogens with zero attached hydrogens (tertiary/aromatic N) is 1. The minimum absolute atomic E-state index is 0.0647. The van der Waals surface area contributed by atoms with Gasteiger partial charge in [-0.2, -0.15) is 21.6 Å². The number of methoxy groups -OCH3 is 1. The molecule has 0 radical (unpaired) electrons. The number of rotatable bonds is 9. The lowest BCUT2D eigenvalue weighted by atomic mass is 9.53. The van der Waals surface area contributed by atoms with E-state index in [0.717, 1.165) is 37.5 Å². The number of halogens is 3. The number of urea groups is 1. The molecule has 4 fully saturated rings. The minimum Gasteiger partial charge on any atom is -0.493 e. The number of benzene rings is 2. The van der Waals surface area contributed by atoms with E-state index in [2.05, 4.69) is 5.32 Å². The molecule has 1 aromatic heterocycles. The number of hydrogen-bond donors (Lipinski definition) is 1. The van der Waals surface area contributed by atoms with E-state index in [9.17, 15) is 26.4 Å². The smallest absolute Gasteiger partial charge is 0.416 e. The highest BCUT2D eigenvalue weighted by molar-refractivity contribution is 7.87. The van der Waals surface area contributed by atoms with Crippen molar-refractivity contribution in [1.82, 2.24) is 10.2 Å². The van der Waals surface area contributed by atoms with Gasteiger partial charge in [-0.1, -0.05) is 12.1 Å². The number of carbonyl (C=O) groups is 1. The van der Waals surface area contributed by atoms with Gasteiger partial charge in [0.2, 0.25) is 0 Å². The predicted octanol–water partition coefficient (Wildman–Crippen LogP) is 6.76. The lowest BCUT2D eigenvalue weighted by Gasteiger charge is -2.57. The van der Waals surface area contributed by atoms with Gasteiger partial charge in [-0.3, -0.25) is 0 Å². The Morgan fingerprint density at radius 2 is 1.67 bits per heavy atom. The summed E-state index contributed by atoms with van der Waals surface area (Å²) in [6, 6.07) is 11.2. The van der Waals surface area contributed by atoms with Crippen LogP contribution in [0.15, 0.2) is 70.2 Å². The molecule has 0 aliphatic heterocycles. The Morgan fingerprint density at radius 1 is 0.977 bits per heavy atom. The lowest BCUT2D eigenvalue weighted by Crippen LogP contribution is -2.61. The third-order valence-electron chi connectivity index (χ3n) is 8.88. The van der Waals surface area contributed by atoms with Gasteiger partial charge in [0.05, 0.1) is 25.5 Å². The van der Waals surface area contributed by atoms with Gasteiger partial charge >= 0.3 is 22.3 Å². The molecule has 12 heteroatoms. The van der Waals surface area contributed by atoms with Gasteiger partial charge in [-0.05, 0) is 104 Å². The molecule has 0 atom stereocenters. The van der Waals surface area contributed by atoms with Crippen molar-refractivity contribution in [3.05, 3.63) is 77.7 Å². The van der Waals surface area contributed by atoms with Crippen LogP contribution in [0.5, 0.6) is 11.5 Å². The van der Waals surface area contributed by atoms with Gasteiger partial charge in [0.25, 0.3) is 0 Å². The summed E-state index contributed by atoms with van der Waals surface area (Å²) in [6.45, 7) is 0.263. The largest absolute Gasteiger partial charge is 0.493 e. The molecule has 8 nitrogen and oxygen atoms in total. The van der Waals surface area contributed by atoms with Crippen molar-refractivity contribution < 1.29 is 39.7 Å². The fourth-order valence-electron chi connectivity index (χ4n) is 7.46. The third kappa shape index (κ3) is 6.34. The molecule has 43 heavy (non-hydrogen) atoms. The van der Waals surface area contributed by atoms with Crippen molar-refractivity contribution in [2.24, 2.45) is 17.8 Å². The summed E-state index contributed by atoms with van der Waals surface area (Å²) in [5, 5.41) is 3.37. The molecule has 2 aromatic carbocycles. The zero-order valence-electron chi connectivity index (χ0n) is 23.6. The van der Waals surface area contributed by atoms with Crippen LogP contribution in [0.3, 0.4) is 0 Å². The monoisotopic (exact) mass is 618 g/mol. The number of amides is 2. The van der Waals surface area contributed by atoms with Crippen LogP contribution in [-0.2, 0) is 29.4 Å². The zero-order valence-corrected chi connectivity index (χ0v) is 24.4. The van der Waals surface area contributed by atoms with Crippen LogP contribution in [-0.4, -0.2) is 32.0 Å². The normalized spacial score (nSPS) is 24.5. The zero-order chi connectivity index (χ0) is 30.4. The molecule has 7 rings (SSSR count). The third-order valence-corrected chi connectivity index (χ3v) is 10.1. The van der Waals surface area contributed by atoms with Crippen molar-refractivity contribution in [3.8, 4) is 11.5 Å². The summed E-state index contributed by atoms with van der Waals surface area (Å²) in [5.41, 5.74) is -0.806. The number of alkyl halides is 3. The molecule has 4 bridgehead atoms. The van der Waals surface area contributed by atoms with Crippen molar-refractivity contribution >= 4 is 16.1 Å². The van der Waals surface area contributed by atoms with Crippen LogP contribution in [0.4, 0.5) is 18.0 Å². The van der Waals surface area contributed by atoms with Gasteiger partial charge in [0.15, 0.2) is 11.5 Å². The first kappa shape index (κ1) is 29.4. The highest BCUT2D eigenvalue weighted by Gasteiger charge is 2.51. The quantitative estimate of drug-likeness (QED) is 0.266. The lowest BCUT2D eigenvalue weighted by molar-refractivity contribution is -0.137. The van der Waals surface area contributed by atoms with Crippen LogP contribution in [0.1, 0.15) is 55.4 Å². The summed E-state index contributed by atoms with van der Waals surface area (Å²) in [4.78, 5) is 14.8. The average Bonchev–Trinajstić information content (AvgIpc) is 3.44. The first-order chi connectivity index (χ1) is 20.4. The Bertz CT molecular complexity index is 1550. The van der Waals surface area contributed by atoms with Crippen molar-refractivity contribution in [2.75, 3.05) is 7.11 Å². The number of ether oxygens (including phenoxy) is 1. The topological polar surface area (TPSA) is 98.1 Å². The maximum atomic E-state index is 13.8. The molecule has 4 aliphatic carbocycles. The van der Waals surface area contributed by atoms with E-state index in [-0.39, 0.29) is 36.2 Å². The second-order valence-corrected chi connectivity index (χ2v) is 13.7. The van der Waals surface area contributed by atoms with E-state index >= 15 is 0 Å². The molecular weight excluding hydrogens is 585 g/mol. The summed E-state index contributed by atoms with van der Waals surface area (Å²) >= 11 is 0. The Morgan fingerprint density at radius 3 is 2.28 bits per heavy atom. The molecule has 3 aromatic rings. The maximum Gasteiger partial charge on any atom is 0.416 e. The first-order valence-electron chi connectivity index (χ1n) is 14.3. The van der Waals surface area contributed by atoms with E-state index in [4.69, 9.17) is 13.3 Å². The van der Waals surface area contributed by atoms with E-state index in [1.165, 1.54) is 44.8 Å². The molecule has 4 saturated carbocycles. The molecule has 1 heterocycles. The van der Waals surface area contributed by atoms with Crippen LogP contribution in [0.2, 0.25) is 0 Å². The van der Waals surface area contributed by atoms with Gasteiger partial charge < -0.3 is 23.6 Å². The summed E-state index contributed by atoms with van der Waals surface area (Å²) in [7, 11) is -3.33. The highest BCUT2D eigenvalue weighted by atomic mass is 32.2. The van der Waals surface area contributed by atoms with E-state index < -0.39 is 26.8 Å². The van der Waals surface area contributed by atoms with E-state index in [0.29, 0.717) is 35.1 Å². The SMILES string of the molecule is COc1ccc(CN(Cc2ccco2)C(=O)NC23CC4CC(CC(C4)C2)C3)cc1OS(=O)(=O)c1cccc(C(F)(F)F)c1. The molecule has 1 N–H and O–H groups in total. The Balaban J connectivity index is 1.24. The van der Waals surface area contributed by atoms with Gasteiger partial charge in [-0.25, -0.2) is 4.79 Å². The number of nitrogens with one attached hydrogen (secondary N) is 1. The predicted molar refractivity (Wildman–Crippen MR) is 150 cm³/mol. The molecular formula is C31H33F3N2O6S. The Kier molecular flexibility index (Phi) is 7.60. The Hall–Kier alpha value is -3.67. The average molecular weight is 619 g/mol. The van der Waals surface area contributed by atoms with Crippen LogP contribution >= 0.6 is 0 Å². The van der Waals surface area contributed by atoms with E-state index in [1.54, 1.807) is 23.1 Å². The van der Waals surface area contributed by atoms with Crippen molar-refractivity contribution in [1.29, 1.82) is 0 Å². The first-order valence-corrected chi connectivity index (χ1v) is 15.7. The summed E-state index contributed by atoms with van der Waals surface area (Å²) in [5.74, 6) is 2.37. The van der Waals surface area contributed by atoms with Crippen molar-refractivity contribution in [3.63, 3.8) is 0 Å². The molecule has 0 saturated heterocycles. The fraction of sp³-hybridized carbons (Fsp3) is 0.452. The number of hydrogen-bond acceptors (Lipinski definition) is 6. The second kappa shape index (κ2) is 11.1. The molecule has 2 amide bonds. The van der Waals surface area contributed by atoms with Crippen LogP contribution in [0, 0.1) is 17.8 Å². The number of carbonyl (C=O) groups excluding carboxylic acids is 1. The van der Waals surface area contributed by atoms with Gasteiger partial charge in [0.1, 0.15) is 10.7 Å². The molecule has 230 valence electrons. The molecule has 4 aliphatic rings. The van der Waals surface area contributed by atoms with Crippen LogP contribution < -0.4 is 14.2 Å². The Labute approximate surface area is 248 Å². The summed E-state index contributed by atoms with van der Waals surface area (Å²) in [6.07, 6.45) is 3.46. The maximum absolute atomic E-state index is 13.8. The summed E-state index contributed by atoms with van der Waals surface area (Å²) < 4.78 is 81.8.